The molecular weight excluding hydrogens is 236 g/mol. The Kier molecular flexibility index (Phi) is 3.59. The molecule has 0 atom stereocenters. The normalized spacial score (nSPS) is 16.8. The number of carbonyl (C=O) groups excluding carboxylic acids is 1. The van der Waals surface area contributed by atoms with Gasteiger partial charge in [0.05, 0.1) is 11.0 Å². The van der Waals surface area contributed by atoms with Gasteiger partial charge in [0.25, 0.3) is 0 Å². The second kappa shape index (κ2) is 5.16. The molecule has 1 aromatic heterocycles. The van der Waals surface area contributed by atoms with E-state index in [0.717, 1.165) is 12.8 Å². The third-order valence-corrected chi connectivity index (χ3v) is 3.29. The molecule has 0 bridgehead atoms. The van der Waals surface area contributed by atoms with Crippen molar-refractivity contribution in [3.63, 3.8) is 0 Å². The summed E-state index contributed by atoms with van der Waals surface area (Å²) in [7, 11) is 0. The van der Waals surface area contributed by atoms with Gasteiger partial charge in [-0.05, 0) is 12.8 Å². The van der Waals surface area contributed by atoms with Gasteiger partial charge in [0.15, 0.2) is 0 Å². The maximum atomic E-state index is 11.5. The molecule has 2 rings (SSSR count). The molecule has 0 N–H and O–H groups in total. The highest BCUT2D eigenvalue weighted by Gasteiger charge is 2.24. The molecule has 7 heteroatoms. The number of nitro groups is 1. The Morgan fingerprint density at radius 1 is 1.56 bits per heavy atom. The predicted octanol–water partition coefficient (Wildman–Crippen LogP) is 1.36. The van der Waals surface area contributed by atoms with Gasteiger partial charge < -0.3 is 4.90 Å². The summed E-state index contributed by atoms with van der Waals surface area (Å²) in [6.45, 7) is 3.25. The van der Waals surface area contributed by atoms with Crippen LogP contribution in [0.2, 0.25) is 0 Å². The molecule has 2 heterocycles. The lowest BCUT2D eigenvalue weighted by molar-refractivity contribution is -0.385. The topological polar surface area (TPSA) is 81.3 Å². The lowest BCUT2D eigenvalue weighted by Gasteiger charge is -2.31. The average Bonchev–Trinajstić information content (AvgIpc) is 2.88. The number of aromatic nitrogens is 2. The summed E-state index contributed by atoms with van der Waals surface area (Å²) in [5.41, 5.74) is 0.0158. The summed E-state index contributed by atoms with van der Waals surface area (Å²) >= 11 is 0. The van der Waals surface area contributed by atoms with Gasteiger partial charge in [-0.1, -0.05) is 6.92 Å². The second-order valence-electron chi connectivity index (χ2n) is 4.40. The van der Waals surface area contributed by atoms with Crippen LogP contribution in [0.4, 0.5) is 5.69 Å². The quantitative estimate of drug-likeness (QED) is 0.601. The van der Waals surface area contributed by atoms with Gasteiger partial charge in [-0.3, -0.25) is 19.6 Å². The van der Waals surface area contributed by atoms with E-state index >= 15 is 0 Å². The van der Waals surface area contributed by atoms with Crippen molar-refractivity contribution in [2.75, 3.05) is 13.1 Å². The minimum Gasteiger partial charge on any atom is -0.343 e. The molecule has 0 saturated carbocycles. The van der Waals surface area contributed by atoms with Crippen LogP contribution in [0.5, 0.6) is 0 Å². The number of carbonyl (C=O) groups is 1. The van der Waals surface area contributed by atoms with Crippen LogP contribution in [-0.2, 0) is 4.79 Å². The van der Waals surface area contributed by atoms with Crippen LogP contribution in [0.15, 0.2) is 12.4 Å². The minimum atomic E-state index is -0.445. The largest absolute Gasteiger partial charge is 0.343 e. The highest BCUT2D eigenvalue weighted by Crippen LogP contribution is 2.23. The van der Waals surface area contributed by atoms with Crippen molar-refractivity contribution in [2.45, 2.75) is 32.2 Å². The summed E-state index contributed by atoms with van der Waals surface area (Å²) in [6.07, 6.45) is 4.85. The number of likely N-dealkylation sites (tertiary alicyclic amines) is 1. The number of hydrogen-bond acceptors (Lipinski definition) is 4. The highest BCUT2D eigenvalue weighted by molar-refractivity contribution is 5.75. The fourth-order valence-electron chi connectivity index (χ4n) is 2.23. The molecule has 1 aliphatic heterocycles. The van der Waals surface area contributed by atoms with E-state index in [1.165, 1.54) is 12.4 Å². The SMILES string of the molecule is CCC(=O)N1CCC(n2cc([N+](=O)[O-])cn2)CC1. The van der Waals surface area contributed by atoms with Gasteiger partial charge >= 0.3 is 5.69 Å². The van der Waals surface area contributed by atoms with Crippen molar-refractivity contribution >= 4 is 11.6 Å². The molecule has 1 amide bonds. The molecule has 0 spiro atoms. The summed E-state index contributed by atoms with van der Waals surface area (Å²) < 4.78 is 1.64. The maximum absolute atomic E-state index is 11.5. The van der Waals surface area contributed by atoms with Crippen molar-refractivity contribution in [1.29, 1.82) is 0 Å². The fourth-order valence-corrected chi connectivity index (χ4v) is 2.23. The van der Waals surface area contributed by atoms with E-state index in [2.05, 4.69) is 5.10 Å². The number of amides is 1. The molecule has 1 aromatic rings. The van der Waals surface area contributed by atoms with E-state index in [9.17, 15) is 14.9 Å². The van der Waals surface area contributed by atoms with Crippen LogP contribution in [0.1, 0.15) is 32.2 Å². The average molecular weight is 252 g/mol. The number of hydrogen-bond donors (Lipinski definition) is 0. The molecule has 0 aromatic carbocycles. The zero-order chi connectivity index (χ0) is 13.1. The first-order valence-corrected chi connectivity index (χ1v) is 6.08. The molecule has 18 heavy (non-hydrogen) atoms. The van der Waals surface area contributed by atoms with E-state index < -0.39 is 4.92 Å². The zero-order valence-corrected chi connectivity index (χ0v) is 10.3. The lowest BCUT2D eigenvalue weighted by atomic mass is 10.1. The zero-order valence-electron chi connectivity index (χ0n) is 10.3. The third kappa shape index (κ3) is 2.49. The molecular formula is C11H16N4O3. The van der Waals surface area contributed by atoms with Gasteiger partial charge in [-0.25, -0.2) is 0 Å². The van der Waals surface area contributed by atoms with Crippen LogP contribution in [0.3, 0.4) is 0 Å². The van der Waals surface area contributed by atoms with E-state index in [1.807, 2.05) is 11.8 Å². The Labute approximate surface area is 105 Å². The molecule has 1 saturated heterocycles. The molecule has 1 fully saturated rings. The molecule has 0 radical (unpaired) electrons. The van der Waals surface area contributed by atoms with Crippen LogP contribution in [0.25, 0.3) is 0 Å². The maximum Gasteiger partial charge on any atom is 0.307 e. The van der Waals surface area contributed by atoms with Gasteiger partial charge in [-0.15, -0.1) is 0 Å². The monoisotopic (exact) mass is 252 g/mol. The molecule has 0 aliphatic carbocycles. The smallest absolute Gasteiger partial charge is 0.307 e. The Morgan fingerprint density at radius 3 is 2.72 bits per heavy atom. The van der Waals surface area contributed by atoms with Gasteiger partial charge in [0.2, 0.25) is 5.91 Å². The number of rotatable bonds is 3. The van der Waals surface area contributed by atoms with Gasteiger partial charge in [0.1, 0.15) is 12.4 Å². The Bertz CT molecular complexity index is 449. The first-order chi connectivity index (χ1) is 8.61. The Balaban J connectivity index is 1.96. The van der Waals surface area contributed by atoms with Crippen LogP contribution >= 0.6 is 0 Å². The number of nitrogens with zero attached hydrogens (tertiary/aromatic N) is 4. The van der Waals surface area contributed by atoms with E-state index in [1.54, 1.807) is 4.68 Å². The van der Waals surface area contributed by atoms with Gasteiger partial charge in [-0.2, -0.15) is 5.10 Å². The Morgan fingerprint density at radius 2 is 2.22 bits per heavy atom. The van der Waals surface area contributed by atoms with Gasteiger partial charge in [0, 0.05) is 19.5 Å². The second-order valence-corrected chi connectivity index (χ2v) is 4.40. The molecule has 0 unspecified atom stereocenters. The highest BCUT2D eigenvalue weighted by atomic mass is 16.6. The van der Waals surface area contributed by atoms with Crippen LogP contribution < -0.4 is 0 Å². The van der Waals surface area contributed by atoms with E-state index in [0.29, 0.717) is 19.5 Å². The molecule has 98 valence electrons. The molecule has 7 nitrogen and oxygen atoms in total. The Hall–Kier alpha value is -1.92. The van der Waals surface area contributed by atoms with Crippen molar-refractivity contribution in [3.8, 4) is 0 Å². The van der Waals surface area contributed by atoms with Crippen molar-refractivity contribution in [3.05, 3.63) is 22.5 Å². The molecule has 1 aliphatic rings. The summed E-state index contributed by atoms with van der Waals surface area (Å²) in [4.78, 5) is 23.5. The van der Waals surface area contributed by atoms with Crippen LogP contribution in [-0.4, -0.2) is 38.6 Å². The summed E-state index contributed by atoms with van der Waals surface area (Å²) in [5, 5.41) is 14.6. The van der Waals surface area contributed by atoms with Crippen molar-refractivity contribution in [2.24, 2.45) is 0 Å². The summed E-state index contributed by atoms with van der Waals surface area (Å²) in [6, 6.07) is 0.152. The predicted molar refractivity (Wildman–Crippen MR) is 64.0 cm³/mol. The van der Waals surface area contributed by atoms with Crippen molar-refractivity contribution < 1.29 is 9.72 Å². The van der Waals surface area contributed by atoms with Crippen molar-refractivity contribution in [1.82, 2.24) is 14.7 Å². The van der Waals surface area contributed by atoms with Crippen LogP contribution in [0, 0.1) is 10.1 Å². The summed E-state index contributed by atoms with van der Waals surface area (Å²) in [5.74, 6) is 0.167. The first-order valence-electron chi connectivity index (χ1n) is 6.08. The fraction of sp³-hybridized carbons (Fsp3) is 0.636. The first kappa shape index (κ1) is 12.5. The minimum absolute atomic E-state index is 0.0158. The van der Waals surface area contributed by atoms with E-state index in [4.69, 9.17) is 0 Å². The third-order valence-electron chi connectivity index (χ3n) is 3.29. The van der Waals surface area contributed by atoms with E-state index in [-0.39, 0.29) is 17.6 Å². The standard InChI is InChI=1S/C11H16N4O3/c1-2-11(16)13-5-3-9(4-6-13)14-8-10(7-12-14)15(17)18/h7-9H,2-6H2,1H3. The number of piperidine rings is 1. The lowest BCUT2D eigenvalue weighted by Crippen LogP contribution is -2.38.